The van der Waals surface area contributed by atoms with Crippen LogP contribution in [0.5, 0.6) is 0 Å². The van der Waals surface area contributed by atoms with Crippen LogP contribution in [0.1, 0.15) is 20.3 Å². The lowest BCUT2D eigenvalue weighted by Gasteiger charge is -2.16. The first-order chi connectivity index (χ1) is 5.47. The van der Waals surface area contributed by atoms with E-state index in [1.54, 1.807) is 30.8 Å². The zero-order valence-electron chi connectivity index (χ0n) is 7.29. The van der Waals surface area contributed by atoms with Gasteiger partial charge >= 0.3 is 0 Å². The molecule has 0 amide bonds. The predicted octanol–water partition coefficient (Wildman–Crippen LogP) is 1.70. The number of halogens is 1. The van der Waals surface area contributed by atoms with Gasteiger partial charge in [0.25, 0.3) is 0 Å². The molecule has 0 spiro atoms. The first-order valence-corrected chi connectivity index (χ1v) is 4.26. The second-order valence-corrected chi connectivity index (χ2v) is 3.85. The molecule has 0 aromatic carbocycles. The van der Waals surface area contributed by atoms with Gasteiger partial charge in [0.15, 0.2) is 5.15 Å². The van der Waals surface area contributed by atoms with Gasteiger partial charge in [-0.1, -0.05) is 11.6 Å². The van der Waals surface area contributed by atoms with E-state index in [1.807, 2.05) is 0 Å². The lowest BCUT2D eigenvalue weighted by Crippen LogP contribution is -2.21. The fraction of sp³-hybridized carbons (Fsp3) is 0.625. The minimum atomic E-state index is -0.640. The number of aromatic nitrogens is 2. The van der Waals surface area contributed by atoms with Crippen molar-refractivity contribution in [1.82, 2.24) is 9.78 Å². The normalized spacial score (nSPS) is 12.0. The maximum atomic E-state index is 9.41. The van der Waals surface area contributed by atoms with Crippen LogP contribution in [0.2, 0.25) is 5.15 Å². The van der Waals surface area contributed by atoms with Gasteiger partial charge in [-0.15, -0.1) is 0 Å². The van der Waals surface area contributed by atoms with Crippen molar-refractivity contribution in [3.05, 3.63) is 17.4 Å². The standard InChI is InChI=1S/C8H13ClN2O/c1-8(2,12)4-6-11-5-3-7(9)10-11/h3,5,12H,4,6H2,1-2H3. The fourth-order valence-electron chi connectivity index (χ4n) is 0.850. The van der Waals surface area contributed by atoms with E-state index in [9.17, 15) is 5.11 Å². The van der Waals surface area contributed by atoms with Crippen LogP contribution in [0.4, 0.5) is 0 Å². The Hall–Kier alpha value is -0.540. The highest BCUT2D eigenvalue weighted by Crippen LogP contribution is 2.09. The van der Waals surface area contributed by atoms with Crippen LogP contribution < -0.4 is 0 Å². The van der Waals surface area contributed by atoms with E-state index in [0.717, 1.165) is 0 Å². The van der Waals surface area contributed by atoms with E-state index in [1.165, 1.54) is 0 Å². The van der Waals surface area contributed by atoms with Crippen LogP contribution in [0.25, 0.3) is 0 Å². The van der Waals surface area contributed by atoms with Crippen LogP contribution >= 0.6 is 11.6 Å². The molecule has 4 heteroatoms. The van der Waals surface area contributed by atoms with Gasteiger partial charge in [0.05, 0.1) is 5.60 Å². The molecule has 0 aliphatic heterocycles. The van der Waals surface area contributed by atoms with Gasteiger partial charge in [0.1, 0.15) is 0 Å². The Kier molecular flexibility index (Phi) is 2.75. The minimum absolute atomic E-state index is 0.491. The maximum absolute atomic E-state index is 9.41. The minimum Gasteiger partial charge on any atom is -0.390 e. The van der Waals surface area contributed by atoms with Gasteiger partial charge < -0.3 is 5.11 Å². The molecule has 68 valence electrons. The quantitative estimate of drug-likeness (QED) is 0.784. The van der Waals surface area contributed by atoms with Crippen LogP contribution in [-0.4, -0.2) is 20.5 Å². The Bertz CT molecular complexity index is 252. The summed E-state index contributed by atoms with van der Waals surface area (Å²) in [6.07, 6.45) is 2.47. The molecule has 1 rings (SSSR count). The highest BCUT2D eigenvalue weighted by atomic mass is 35.5. The Morgan fingerprint density at radius 2 is 2.33 bits per heavy atom. The monoisotopic (exact) mass is 188 g/mol. The molecule has 1 aromatic heterocycles. The first kappa shape index (κ1) is 9.55. The van der Waals surface area contributed by atoms with Crippen molar-refractivity contribution in [2.75, 3.05) is 0 Å². The Labute approximate surface area is 77.0 Å². The van der Waals surface area contributed by atoms with Crippen LogP contribution in [0.15, 0.2) is 12.3 Å². The summed E-state index contributed by atoms with van der Waals surface area (Å²) in [4.78, 5) is 0. The lowest BCUT2D eigenvalue weighted by molar-refractivity contribution is 0.0651. The van der Waals surface area contributed by atoms with Crippen molar-refractivity contribution >= 4 is 11.6 Å². The topological polar surface area (TPSA) is 38.0 Å². The van der Waals surface area contributed by atoms with Crippen LogP contribution in [0.3, 0.4) is 0 Å². The van der Waals surface area contributed by atoms with Crippen LogP contribution in [0, 0.1) is 0 Å². The van der Waals surface area contributed by atoms with Gasteiger partial charge in [-0.2, -0.15) is 5.10 Å². The molecule has 0 radical (unpaired) electrons. The Morgan fingerprint density at radius 1 is 1.67 bits per heavy atom. The molecule has 0 aliphatic rings. The van der Waals surface area contributed by atoms with Crippen molar-refractivity contribution in [2.24, 2.45) is 0 Å². The molecule has 1 aromatic rings. The molecule has 1 N–H and O–H groups in total. The molecule has 12 heavy (non-hydrogen) atoms. The van der Waals surface area contributed by atoms with Gasteiger partial charge in [-0.25, -0.2) is 0 Å². The molecule has 1 heterocycles. The van der Waals surface area contributed by atoms with E-state index >= 15 is 0 Å². The van der Waals surface area contributed by atoms with Crippen molar-refractivity contribution in [3.8, 4) is 0 Å². The van der Waals surface area contributed by atoms with E-state index < -0.39 is 5.60 Å². The number of hydrogen-bond donors (Lipinski definition) is 1. The first-order valence-electron chi connectivity index (χ1n) is 3.89. The molecular formula is C8H13ClN2O. The molecule has 0 fully saturated rings. The van der Waals surface area contributed by atoms with Crippen molar-refractivity contribution in [3.63, 3.8) is 0 Å². The Morgan fingerprint density at radius 3 is 2.75 bits per heavy atom. The maximum Gasteiger partial charge on any atom is 0.151 e. The largest absolute Gasteiger partial charge is 0.390 e. The van der Waals surface area contributed by atoms with E-state index in [0.29, 0.717) is 18.1 Å². The number of nitrogens with zero attached hydrogens (tertiary/aromatic N) is 2. The molecular weight excluding hydrogens is 176 g/mol. The molecule has 0 atom stereocenters. The van der Waals surface area contributed by atoms with Crippen molar-refractivity contribution in [2.45, 2.75) is 32.4 Å². The van der Waals surface area contributed by atoms with E-state index in [-0.39, 0.29) is 0 Å². The van der Waals surface area contributed by atoms with E-state index in [4.69, 9.17) is 11.6 Å². The summed E-state index contributed by atoms with van der Waals surface area (Å²) < 4.78 is 1.72. The summed E-state index contributed by atoms with van der Waals surface area (Å²) in [5.74, 6) is 0. The van der Waals surface area contributed by atoms with Gasteiger partial charge in [-0.3, -0.25) is 4.68 Å². The highest BCUT2D eigenvalue weighted by molar-refractivity contribution is 6.29. The van der Waals surface area contributed by atoms with Crippen molar-refractivity contribution < 1.29 is 5.11 Å². The van der Waals surface area contributed by atoms with Gasteiger partial charge in [-0.05, 0) is 26.3 Å². The summed E-state index contributed by atoms with van der Waals surface area (Å²) in [5, 5.41) is 13.9. The second-order valence-electron chi connectivity index (χ2n) is 3.46. The lowest BCUT2D eigenvalue weighted by atomic mass is 10.1. The number of rotatable bonds is 3. The average molecular weight is 189 g/mol. The molecule has 0 saturated heterocycles. The summed E-state index contributed by atoms with van der Waals surface area (Å²) in [6.45, 7) is 4.24. The van der Waals surface area contributed by atoms with Crippen molar-refractivity contribution in [1.29, 1.82) is 0 Å². The third kappa shape index (κ3) is 3.24. The smallest absolute Gasteiger partial charge is 0.151 e. The van der Waals surface area contributed by atoms with E-state index in [2.05, 4.69) is 5.10 Å². The van der Waals surface area contributed by atoms with Gasteiger partial charge in [0.2, 0.25) is 0 Å². The second kappa shape index (κ2) is 3.46. The third-order valence-corrected chi connectivity index (χ3v) is 1.76. The zero-order chi connectivity index (χ0) is 9.19. The summed E-state index contributed by atoms with van der Waals surface area (Å²) in [7, 11) is 0. The average Bonchev–Trinajstić information content (AvgIpc) is 2.30. The molecule has 0 bridgehead atoms. The summed E-state index contributed by atoms with van der Waals surface area (Å²) >= 11 is 5.62. The summed E-state index contributed by atoms with van der Waals surface area (Å²) in [5.41, 5.74) is -0.640. The molecule has 0 unspecified atom stereocenters. The molecule has 0 saturated carbocycles. The summed E-state index contributed by atoms with van der Waals surface area (Å²) in [6, 6.07) is 1.73. The number of aliphatic hydroxyl groups is 1. The predicted molar refractivity (Wildman–Crippen MR) is 48.2 cm³/mol. The SMILES string of the molecule is CC(C)(O)CCn1ccc(Cl)n1. The third-order valence-electron chi connectivity index (χ3n) is 1.56. The molecule has 0 aliphatic carbocycles. The van der Waals surface area contributed by atoms with Gasteiger partial charge in [0, 0.05) is 12.7 Å². The number of hydrogen-bond acceptors (Lipinski definition) is 2. The number of aryl methyl sites for hydroxylation is 1. The highest BCUT2D eigenvalue weighted by Gasteiger charge is 2.12. The zero-order valence-corrected chi connectivity index (χ0v) is 8.04. The fourth-order valence-corrected chi connectivity index (χ4v) is 1.00. The molecule has 3 nitrogen and oxygen atoms in total. The van der Waals surface area contributed by atoms with Crippen LogP contribution in [-0.2, 0) is 6.54 Å². The Balaban J connectivity index is 2.44.